The van der Waals surface area contributed by atoms with Crippen LogP contribution in [-0.4, -0.2) is 57.1 Å². The number of aryl methyl sites for hydroxylation is 1. The Hall–Kier alpha value is -2.87. The van der Waals surface area contributed by atoms with Crippen LogP contribution in [0.1, 0.15) is 44.7 Å². The molecule has 0 aliphatic heterocycles. The lowest BCUT2D eigenvalue weighted by atomic mass is 10.1. The van der Waals surface area contributed by atoms with Crippen molar-refractivity contribution in [3.63, 3.8) is 0 Å². The van der Waals surface area contributed by atoms with Gasteiger partial charge in [-0.3, -0.25) is 13.9 Å². The summed E-state index contributed by atoms with van der Waals surface area (Å²) < 4.78 is 26.3. The van der Waals surface area contributed by atoms with E-state index in [-0.39, 0.29) is 24.8 Å². The molecule has 35 heavy (non-hydrogen) atoms. The van der Waals surface area contributed by atoms with Gasteiger partial charge in [-0.2, -0.15) is 0 Å². The molecule has 0 fully saturated rings. The van der Waals surface area contributed by atoms with Crippen molar-refractivity contribution in [1.82, 2.24) is 10.2 Å². The van der Waals surface area contributed by atoms with E-state index in [1.54, 1.807) is 24.0 Å². The van der Waals surface area contributed by atoms with Crippen LogP contribution in [-0.2, 0) is 26.0 Å². The molecule has 0 heterocycles. The average Bonchev–Trinajstić information content (AvgIpc) is 2.80. The number of hydrogen-bond acceptors (Lipinski definition) is 4. The minimum absolute atomic E-state index is 0.147. The Morgan fingerprint density at radius 1 is 0.943 bits per heavy atom. The Kier molecular flexibility index (Phi) is 10.8. The van der Waals surface area contributed by atoms with E-state index < -0.39 is 16.1 Å². The van der Waals surface area contributed by atoms with Gasteiger partial charge < -0.3 is 10.2 Å². The predicted octanol–water partition coefficient (Wildman–Crippen LogP) is 3.77. The number of carbonyl (C=O) groups excluding carboxylic acids is 2. The first-order chi connectivity index (χ1) is 16.5. The van der Waals surface area contributed by atoms with Crippen LogP contribution in [0.3, 0.4) is 0 Å². The van der Waals surface area contributed by atoms with Gasteiger partial charge in [0.05, 0.1) is 11.9 Å². The number of para-hydroxylation sites is 1. The molecule has 1 N–H and O–H groups in total. The van der Waals surface area contributed by atoms with Gasteiger partial charge in [0.1, 0.15) is 6.04 Å². The summed E-state index contributed by atoms with van der Waals surface area (Å²) in [5.41, 5.74) is 2.55. The topological polar surface area (TPSA) is 86.8 Å². The van der Waals surface area contributed by atoms with Crippen molar-refractivity contribution < 1.29 is 18.0 Å². The van der Waals surface area contributed by atoms with Gasteiger partial charge >= 0.3 is 0 Å². The van der Waals surface area contributed by atoms with Crippen LogP contribution < -0.4 is 9.62 Å². The zero-order chi connectivity index (χ0) is 26.0. The monoisotopic (exact) mass is 501 g/mol. The highest BCUT2D eigenvalue weighted by Crippen LogP contribution is 2.22. The van der Waals surface area contributed by atoms with Gasteiger partial charge in [0, 0.05) is 26.1 Å². The van der Waals surface area contributed by atoms with Gasteiger partial charge in [0.15, 0.2) is 0 Å². The molecule has 2 amide bonds. The number of nitrogens with one attached hydrogen (secondary N) is 1. The van der Waals surface area contributed by atoms with Crippen LogP contribution in [0.25, 0.3) is 0 Å². The largest absolute Gasteiger partial charge is 0.354 e. The van der Waals surface area contributed by atoms with Crippen LogP contribution in [0.2, 0.25) is 0 Å². The van der Waals surface area contributed by atoms with E-state index in [0.29, 0.717) is 37.5 Å². The van der Waals surface area contributed by atoms with E-state index >= 15 is 0 Å². The summed E-state index contributed by atoms with van der Waals surface area (Å²) >= 11 is 0. The molecule has 0 aromatic heterocycles. The summed E-state index contributed by atoms with van der Waals surface area (Å²) in [6.45, 7) is 8.79. The van der Waals surface area contributed by atoms with E-state index in [4.69, 9.17) is 0 Å². The fourth-order valence-electron chi connectivity index (χ4n) is 3.85. The molecule has 0 saturated carbocycles. The van der Waals surface area contributed by atoms with Crippen molar-refractivity contribution in [2.45, 2.75) is 53.0 Å². The summed E-state index contributed by atoms with van der Waals surface area (Å²) in [6.07, 6.45) is 2.30. The van der Waals surface area contributed by atoms with E-state index in [1.807, 2.05) is 63.2 Å². The molecule has 192 valence electrons. The van der Waals surface area contributed by atoms with Crippen molar-refractivity contribution in [3.05, 3.63) is 65.7 Å². The number of nitrogens with zero attached hydrogens (tertiary/aromatic N) is 2. The van der Waals surface area contributed by atoms with Crippen LogP contribution in [0.4, 0.5) is 5.69 Å². The number of amides is 2. The fourth-order valence-corrected chi connectivity index (χ4v) is 4.87. The molecule has 0 aliphatic carbocycles. The smallest absolute Gasteiger partial charge is 0.242 e. The van der Waals surface area contributed by atoms with Gasteiger partial charge in [-0.1, -0.05) is 62.4 Å². The molecule has 2 aromatic rings. The lowest BCUT2D eigenvalue weighted by molar-refractivity contribution is -0.140. The third-order valence-electron chi connectivity index (χ3n) is 5.87. The number of carbonyl (C=O) groups is 2. The maximum atomic E-state index is 13.3. The molecule has 0 saturated heterocycles. The van der Waals surface area contributed by atoms with Gasteiger partial charge in [-0.15, -0.1) is 0 Å². The molecular formula is C27H39N3O4S. The van der Waals surface area contributed by atoms with Crippen molar-refractivity contribution in [2.75, 3.05) is 30.2 Å². The molecule has 0 bridgehead atoms. The summed E-state index contributed by atoms with van der Waals surface area (Å²) in [6, 6.07) is 16.5. The van der Waals surface area contributed by atoms with Crippen LogP contribution >= 0.6 is 0 Å². The average molecular weight is 502 g/mol. The number of hydrogen-bond donors (Lipinski definition) is 1. The molecule has 7 nitrogen and oxygen atoms in total. The van der Waals surface area contributed by atoms with Crippen LogP contribution in [0.5, 0.6) is 0 Å². The van der Waals surface area contributed by atoms with Gasteiger partial charge in [-0.25, -0.2) is 8.42 Å². The Labute approximate surface area is 210 Å². The molecule has 0 spiro atoms. The second-order valence-electron chi connectivity index (χ2n) is 9.36. The zero-order valence-electron chi connectivity index (χ0n) is 21.5. The molecule has 2 aromatic carbocycles. The van der Waals surface area contributed by atoms with E-state index in [1.165, 1.54) is 10.6 Å². The van der Waals surface area contributed by atoms with Crippen molar-refractivity contribution in [1.29, 1.82) is 0 Å². The fraction of sp³-hybridized carbons (Fsp3) is 0.481. The number of rotatable bonds is 13. The van der Waals surface area contributed by atoms with Crippen LogP contribution in [0.15, 0.2) is 54.6 Å². The highest BCUT2D eigenvalue weighted by atomic mass is 32.2. The third kappa shape index (κ3) is 9.02. The summed E-state index contributed by atoms with van der Waals surface area (Å²) in [5, 5.41) is 2.92. The maximum Gasteiger partial charge on any atom is 0.242 e. The first-order valence-corrected chi connectivity index (χ1v) is 14.0. The lowest BCUT2D eigenvalue weighted by Gasteiger charge is -2.30. The first kappa shape index (κ1) is 28.4. The van der Waals surface area contributed by atoms with Crippen molar-refractivity contribution >= 4 is 27.5 Å². The highest BCUT2D eigenvalue weighted by molar-refractivity contribution is 7.92. The van der Waals surface area contributed by atoms with Crippen LogP contribution in [0, 0.1) is 12.8 Å². The summed E-state index contributed by atoms with van der Waals surface area (Å²) in [7, 11) is -3.51. The summed E-state index contributed by atoms with van der Waals surface area (Å²) in [4.78, 5) is 27.6. The number of benzene rings is 2. The minimum atomic E-state index is -3.51. The molecule has 0 radical (unpaired) electrons. The van der Waals surface area contributed by atoms with Gasteiger partial charge in [0.2, 0.25) is 21.8 Å². The highest BCUT2D eigenvalue weighted by Gasteiger charge is 2.26. The zero-order valence-corrected chi connectivity index (χ0v) is 22.3. The quantitative estimate of drug-likeness (QED) is 0.453. The first-order valence-electron chi connectivity index (χ1n) is 12.1. The van der Waals surface area contributed by atoms with E-state index in [2.05, 4.69) is 5.32 Å². The Morgan fingerprint density at radius 3 is 2.17 bits per heavy atom. The van der Waals surface area contributed by atoms with E-state index in [0.717, 1.165) is 11.1 Å². The Balaban J connectivity index is 2.11. The molecular weight excluding hydrogens is 462 g/mol. The second kappa shape index (κ2) is 13.3. The van der Waals surface area contributed by atoms with Gasteiger partial charge in [-0.05, 0) is 49.8 Å². The maximum absolute atomic E-state index is 13.3. The molecule has 1 atom stereocenters. The predicted molar refractivity (Wildman–Crippen MR) is 142 cm³/mol. The van der Waals surface area contributed by atoms with E-state index in [9.17, 15) is 18.0 Å². The van der Waals surface area contributed by atoms with Gasteiger partial charge in [0.25, 0.3) is 0 Å². The Morgan fingerprint density at radius 2 is 1.57 bits per heavy atom. The third-order valence-corrected chi connectivity index (χ3v) is 7.05. The van der Waals surface area contributed by atoms with Crippen molar-refractivity contribution in [3.8, 4) is 0 Å². The Bertz CT molecular complexity index is 1070. The SMILES string of the molecule is Cc1ccccc1N(CCCC(=O)N(CCc1ccccc1)C(C)C(=O)NCC(C)C)S(C)(=O)=O. The minimum Gasteiger partial charge on any atom is -0.354 e. The molecule has 2 rings (SSSR count). The molecule has 8 heteroatoms. The number of sulfonamides is 1. The van der Waals surface area contributed by atoms with Crippen molar-refractivity contribution in [2.24, 2.45) is 5.92 Å². The molecule has 0 aliphatic rings. The second-order valence-corrected chi connectivity index (χ2v) is 11.3. The molecule has 1 unspecified atom stereocenters. The summed E-state index contributed by atoms with van der Waals surface area (Å²) in [5.74, 6) is -0.0350. The standard InChI is InChI=1S/C27H39N3O4S/c1-21(2)20-28-27(32)23(4)29(19-17-24-13-7-6-8-14-24)26(31)16-11-18-30(35(5,33)34)25-15-10-9-12-22(25)3/h6-10,12-15,21,23H,11,16-20H2,1-5H3,(H,28,32). The lowest BCUT2D eigenvalue weighted by Crippen LogP contribution is -2.49. The number of anilines is 1. The normalized spacial score (nSPS) is 12.3.